The zero-order valence-electron chi connectivity index (χ0n) is 14.8. The second-order valence-electron chi connectivity index (χ2n) is 6.52. The van der Waals surface area contributed by atoms with Gasteiger partial charge in [0.1, 0.15) is 11.6 Å². The molecular formula is C19H25N3O3. The van der Waals surface area contributed by atoms with Gasteiger partial charge in [-0.15, -0.1) is 0 Å². The maximum atomic E-state index is 12.2. The Bertz CT molecular complexity index is 720. The lowest BCUT2D eigenvalue weighted by atomic mass is 10.1. The van der Waals surface area contributed by atoms with Gasteiger partial charge in [0.25, 0.3) is 0 Å². The third-order valence-corrected chi connectivity index (χ3v) is 4.52. The number of nitrogens with one attached hydrogen (secondary N) is 1. The first kappa shape index (κ1) is 17.5. The van der Waals surface area contributed by atoms with E-state index in [0.29, 0.717) is 18.9 Å². The van der Waals surface area contributed by atoms with Crippen LogP contribution in [0.25, 0.3) is 0 Å². The minimum absolute atomic E-state index is 0.0757. The smallest absolute Gasteiger partial charge is 0.228 e. The summed E-state index contributed by atoms with van der Waals surface area (Å²) < 4.78 is 12.9. The third-order valence-electron chi connectivity index (χ3n) is 4.52. The second kappa shape index (κ2) is 8.16. The molecule has 1 saturated heterocycles. The fourth-order valence-corrected chi connectivity index (χ4v) is 2.83. The van der Waals surface area contributed by atoms with Gasteiger partial charge in [-0.3, -0.25) is 4.79 Å². The number of rotatable bonds is 7. The summed E-state index contributed by atoms with van der Waals surface area (Å²) in [6.45, 7) is 6.79. The summed E-state index contributed by atoms with van der Waals surface area (Å²) in [7, 11) is 0. The van der Waals surface area contributed by atoms with Gasteiger partial charge < -0.3 is 14.8 Å². The first-order valence-corrected chi connectivity index (χ1v) is 8.71. The average Bonchev–Trinajstić information content (AvgIpc) is 3.24. The van der Waals surface area contributed by atoms with Crippen molar-refractivity contribution in [3.05, 3.63) is 41.6 Å². The van der Waals surface area contributed by atoms with Crippen molar-refractivity contribution in [2.45, 2.75) is 33.2 Å². The highest BCUT2D eigenvalue weighted by Crippen LogP contribution is 2.18. The number of amides is 1. The number of aromatic nitrogens is 2. The predicted molar refractivity (Wildman–Crippen MR) is 95.8 cm³/mol. The molecule has 1 atom stereocenters. The van der Waals surface area contributed by atoms with Crippen molar-refractivity contribution in [3.8, 4) is 5.75 Å². The third kappa shape index (κ3) is 4.82. The minimum atomic E-state index is -0.0757. The normalized spacial score (nSPS) is 16.8. The summed E-state index contributed by atoms with van der Waals surface area (Å²) >= 11 is 0. The van der Waals surface area contributed by atoms with E-state index in [-0.39, 0.29) is 5.91 Å². The van der Waals surface area contributed by atoms with Crippen molar-refractivity contribution < 1.29 is 14.3 Å². The Morgan fingerprint density at radius 1 is 1.36 bits per heavy atom. The topological polar surface area (TPSA) is 65.4 Å². The van der Waals surface area contributed by atoms with Crippen LogP contribution in [0.1, 0.15) is 24.0 Å². The van der Waals surface area contributed by atoms with E-state index >= 15 is 0 Å². The number of hydrogen-bond acceptors (Lipinski definition) is 4. The van der Waals surface area contributed by atoms with Gasteiger partial charge in [-0.25, -0.2) is 4.68 Å². The van der Waals surface area contributed by atoms with Gasteiger partial charge in [-0.05, 0) is 43.5 Å². The van der Waals surface area contributed by atoms with E-state index in [1.165, 1.54) is 11.1 Å². The van der Waals surface area contributed by atoms with Crippen LogP contribution in [0.15, 0.2) is 30.5 Å². The van der Waals surface area contributed by atoms with Crippen LogP contribution >= 0.6 is 0 Å². The number of nitrogens with zero attached hydrogens (tertiary/aromatic N) is 2. The lowest BCUT2D eigenvalue weighted by Gasteiger charge is -2.12. The van der Waals surface area contributed by atoms with E-state index in [9.17, 15) is 4.79 Å². The molecule has 1 aromatic carbocycles. The van der Waals surface area contributed by atoms with Crippen LogP contribution in [0, 0.1) is 19.8 Å². The maximum absolute atomic E-state index is 12.2. The zero-order valence-corrected chi connectivity index (χ0v) is 14.8. The quantitative estimate of drug-likeness (QED) is 0.839. The SMILES string of the molecule is Cc1ccc(OCCC(=O)Nc2ccnn2C[C@H]2CCOC2)cc1C. The van der Waals surface area contributed by atoms with Gasteiger partial charge in [0.15, 0.2) is 0 Å². The molecule has 0 saturated carbocycles. The molecule has 1 amide bonds. The highest BCUT2D eigenvalue weighted by Gasteiger charge is 2.18. The Labute approximate surface area is 148 Å². The number of carbonyl (C=O) groups is 1. The molecule has 0 spiro atoms. The summed E-state index contributed by atoms with van der Waals surface area (Å²) in [5.74, 6) is 1.90. The van der Waals surface area contributed by atoms with Gasteiger partial charge in [0.05, 0.1) is 25.8 Å². The summed E-state index contributed by atoms with van der Waals surface area (Å²) in [6.07, 6.45) is 3.04. The van der Waals surface area contributed by atoms with Crippen LogP contribution in [-0.4, -0.2) is 35.5 Å². The van der Waals surface area contributed by atoms with Gasteiger partial charge >= 0.3 is 0 Å². The molecule has 1 aliphatic heterocycles. The highest BCUT2D eigenvalue weighted by molar-refractivity contribution is 5.89. The Morgan fingerprint density at radius 3 is 3.00 bits per heavy atom. The van der Waals surface area contributed by atoms with E-state index in [4.69, 9.17) is 9.47 Å². The van der Waals surface area contributed by atoms with Crippen molar-refractivity contribution in [3.63, 3.8) is 0 Å². The van der Waals surface area contributed by atoms with Crippen LogP contribution in [0.3, 0.4) is 0 Å². The number of hydrogen-bond donors (Lipinski definition) is 1. The molecule has 6 nitrogen and oxygen atoms in total. The molecule has 0 unspecified atom stereocenters. The lowest BCUT2D eigenvalue weighted by Crippen LogP contribution is -2.20. The largest absolute Gasteiger partial charge is 0.493 e. The van der Waals surface area contributed by atoms with Gasteiger partial charge in [-0.2, -0.15) is 5.10 Å². The van der Waals surface area contributed by atoms with Crippen molar-refractivity contribution in [1.29, 1.82) is 0 Å². The monoisotopic (exact) mass is 343 g/mol. The molecule has 2 heterocycles. The van der Waals surface area contributed by atoms with Crippen molar-refractivity contribution in [2.24, 2.45) is 5.92 Å². The summed E-state index contributed by atoms with van der Waals surface area (Å²) in [5.41, 5.74) is 2.41. The van der Waals surface area contributed by atoms with Crippen LogP contribution in [0.5, 0.6) is 5.75 Å². The Morgan fingerprint density at radius 2 is 2.24 bits per heavy atom. The molecule has 0 radical (unpaired) electrons. The molecular weight excluding hydrogens is 318 g/mol. The van der Waals surface area contributed by atoms with Crippen molar-refractivity contribution in [1.82, 2.24) is 9.78 Å². The van der Waals surface area contributed by atoms with Crippen molar-refractivity contribution in [2.75, 3.05) is 25.1 Å². The van der Waals surface area contributed by atoms with Crippen LogP contribution in [0.4, 0.5) is 5.82 Å². The van der Waals surface area contributed by atoms with Gasteiger partial charge in [0.2, 0.25) is 5.91 Å². The average molecular weight is 343 g/mol. The number of benzene rings is 1. The Kier molecular flexibility index (Phi) is 5.71. The number of anilines is 1. The summed E-state index contributed by atoms with van der Waals surface area (Å²) in [5, 5.41) is 7.21. The molecule has 0 bridgehead atoms. The molecule has 1 N–H and O–H groups in total. The van der Waals surface area contributed by atoms with E-state index in [2.05, 4.69) is 17.3 Å². The highest BCUT2D eigenvalue weighted by atomic mass is 16.5. The van der Waals surface area contributed by atoms with Gasteiger partial charge in [-0.1, -0.05) is 6.07 Å². The molecule has 2 aromatic rings. The summed E-state index contributed by atoms with van der Waals surface area (Å²) in [6, 6.07) is 7.76. The first-order chi connectivity index (χ1) is 12.1. The molecule has 1 aromatic heterocycles. The van der Waals surface area contributed by atoms with Crippen LogP contribution in [-0.2, 0) is 16.1 Å². The van der Waals surface area contributed by atoms with Crippen molar-refractivity contribution >= 4 is 11.7 Å². The Balaban J connectivity index is 1.46. The zero-order chi connectivity index (χ0) is 17.6. The van der Waals surface area contributed by atoms with E-state index in [0.717, 1.165) is 37.7 Å². The van der Waals surface area contributed by atoms with Gasteiger partial charge in [0, 0.05) is 25.1 Å². The van der Waals surface area contributed by atoms with Crippen LogP contribution in [0.2, 0.25) is 0 Å². The number of aryl methyl sites for hydroxylation is 2. The molecule has 1 fully saturated rings. The lowest BCUT2D eigenvalue weighted by molar-refractivity contribution is -0.116. The molecule has 6 heteroatoms. The van der Waals surface area contributed by atoms with Crippen LogP contribution < -0.4 is 10.1 Å². The molecule has 134 valence electrons. The van der Waals surface area contributed by atoms with E-state index in [1.807, 2.05) is 35.9 Å². The minimum Gasteiger partial charge on any atom is -0.493 e. The maximum Gasteiger partial charge on any atom is 0.228 e. The van der Waals surface area contributed by atoms with E-state index < -0.39 is 0 Å². The Hall–Kier alpha value is -2.34. The molecule has 3 rings (SSSR count). The number of ether oxygens (including phenoxy) is 2. The molecule has 1 aliphatic rings. The van der Waals surface area contributed by atoms with E-state index in [1.54, 1.807) is 6.20 Å². The standard InChI is InChI=1S/C19H25N3O3/c1-14-3-4-17(11-15(14)2)25-10-7-19(23)21-18-5-8-20-22(18)12-16-6-9-24-13-16/h3-5,8,11,16H,6-7,9-10,12-13H2,1-2H3,(H,21,23)/t16-/m1/s1. The summed E-state index contributed by atoms with van der Waals surface area (Å²) in [4.78, 5) is 12.2. The second-order valence-corrected chi connectivity index (χ2v) is 6.52. The molecule has 25 heavy (non-hydrogen) atoms. The predicted octanol–water partition coefficient (Wildman–Crippen LogP) is 2.94. The molecule has 0 aliphatic carbocycles. The fraction of sp³-hybridized carbons (Fsp3) is 0.474. The first-order valence-electron chi connectivity index (χ1n) is 8.71. The fourth-order valence-electron chi connectivity index (χ4n) is 2.83. The number of carbonyl (C=O) groups excluding carboxylic acids is 1.